The van der Waals surface area contributed by atoms with Crippen molar-refractivity contribution in [2.45, 2.75) is 25.5 Å². The van der Waals surface area contributed by atoms with Gasteiger partial charge in [0.2, 0.25) is 0 Å². The molecule has 1 aliphatic heterocycles. The molecule has 1 saturated heterocycles. The fraction of sp³-hybridized carbons (Fsp3) is 0.643. The zero-order valence-electron chi connectivity index (χ0n) is 12.6. The predicted molar refractivity (Wildman–Crippen MR) is 77.2 cm³/mol. The van der Waals surface area contributed by atoms with Gasteiger partial charge in [0.05, 0.1) is 6.54 Å². The summed E-state index contributed by atoms with van der Waals surface area (Å²) in [6.45, 7) is 2.76. The molecular formula is C14H22N6O. The van der Waals surface area contributed by atoms with Crippen LogP contribution in [0.1, 0.15) is 30.6 Å². The van der Waals surface area contributed by atoms with E-state index in [0.29, 0.717) is 0 Å². The van der Waals surface area contributed by atoms with E-state index in [1.54, 1.807) is 12.5 Å². The van der Waals surface area contributed by atoms with Crippen LogP contribution in [0, 0.1) is 5.92 Å². The van der Waals surface area contributed by atoms with Crippen LogP contribution in [-0.4, -0.2) is 47.4 Å². The molecular weight excluding hydrogens is 268 g/mol. The summed E-state index contributed by atoms with van der Waals surface area (Å²) in [7, 11) is 3.89. The van der Waals surface area contributed by atoms with Crippen molar-refractivity contribution < 1.29 is 5.11 Å². The maximum atomic E-state index is 10.5. The minimum atomic E-state index is -0.470. The zero-order chi connectivity index (χ0) is 14.8. The second kappa shape index (κ2) is 5.95. The Labute approximate surface area is 124 Å². The highest BCUT2D eigenvalue weighted by Crippen LogP contribution is 2.29. The van der Waals surface area contributed by atoms with Gasteiger partial charge in [-0.25, -0.2) is 4.98 Å². The number of imidazole rings is 1. The molecule has 1 aliphatic rings. The topological polar surface area (TPSA) is 72.0 Å². The van der Waals surface area contributed by atoms with Gasteiger partial charge in [-0.2, -0.15) is 0 Å². The fourth-order valence-corrected chi connectivity index (χ4v) is 2.95. The van der Waals surface area contributed by atoms with E-state index in [-0.39, 0.29) is 5.92 Å². The van der Waals surface area contributed by atoms with Crippen molar-refractivity contribution in [1.82, 2.24) is 29.2 Å². The number of nitrogens with zero attached hydrogens (tertiary/aromatic N) is 6. The zero-order valence-corrected chi connectivity index (χ0v) is 12.6. The normalized spacial score (nSPS) is 19.0. The van der Waals surface area contributed by atoms with E-state index < -0.39 is 6.10 Å². The van der Waals surface area contributed by atoms with Crippen molar-refractivity contribution >= 4 is 0 Å². The van der Waals surface area contributed by atoms with Crippen LogP contribution in [0.25, 0.3) is 0 Å². The summed E-state index contributed by atoms with van der Waals surface area (Å²) >= 11 is 0. The summed E-state index contributed by atoms with van der Waals surface area (Å²) in [5.41, 5.74) is 0. The van der Waals surface area contributed by atoms with Gasteiger partial charge in [-0.3, -0.25) is 4.90 Å². The van der Waals surface area contributed by atoms with Crippen molar-refractivity contribution in [1.29, 1.82) is 0 Å². The van der Waals surface area contributed by atoms with E-state index in [9.17, 15) is 5.11 Å². The van der Waals surface area contributed by atoms with Crippen LogP contribution in [0.3, 0.4) is 0 Å². The summed E-state index contributed by atoms with van der Waals surface area (Å²) in [6.07, 6.45) is 6.83. The van der Waals surface area contributed by atoms with Gasteiger partial charge in [-0.1, -0.05) is 0 Å². The molecule has 0 bridgehead atoms. The lowest BCUT2D eigenvalue weighted by molar-refractivity contribution is 0.0483. The van der Waals surface area contributed by atoms with Crippen LogP contribution in [0.15, 0.2) is 18.7 Å². The molecule has 3 heterocycles. The molecule has 0 saturated carbocycles. The second-order valence-corrected chi connectivity index (χ2v) is 5.81. The number of piperidine rings is 1. The highest BCUT2D eigenvalue weighted by Gasteiger charge is 2.28. The first-order chi connectivity index (χ1) is 10.1. The minimum absolute atomic E-state index is 0.279. The molecule has 3 rings (SSSR count). The van der Waals surface area contributed by atoms with Crippen LogP contribution >= 0.6 is 0 Å². The maximum absolute atomic E-state index is 10.5. The lowest BCUT2D eigenvalue weighted by Gasteiger charge is -2.33. The number of aryl methyl sites for hydroxylation is 2. The number of hydrogen-bond donors (Lipinski definition) is 1. The van der Waals surface area contributed by atoms with E-state index in [0.717, 1.165) is 44.1 Å². The first-order valence-corrected chi connectivity index (χ1v) is 7.35. The van der Waals surface area contributed by atoms with E-state index in [2.05, 4.69) is 20.1 Å². The molecule has 7 heteroatoms. The number of aliphatic hydroxyl groups excluding tert-OH is 1. The summed E-state index contributed by atoms with van der Waals surface area (Å²) in [5.74, 6) is 2.03. The van der Waals surface area contributed by atoms with Gasteiger partial charge in [0.1, 0.15) is 24.1 Å². The Balaban J connectivity index is 1.55. The lowest BCUT2D eigenvalue weighted by Crippen LogP contribution is -2.36. The minimum Gasteiger partial charge on any atom is -0.385 e. The molecule has 0 aromatic carbocycles. The molecule has 0 radical (unpaired) electrons. The molecule has 1 N–H and O–H groups in total. The summed E-state index contributed by atoms with van der Waals surface area (Å²) in [4.78, 5) is 6.63. The summed E-state index contributed by atoms with van der Waals surface area (Å²) in [5, 5.41) is 18.5. The number of aliphatic hydroxyl groups is 1. The van der Waals surface area contributed by atoms with E-state index in [1.165, 1.54) is 0 Å². The third kappa shape index (κ3) is 2.98. The SMILES string of the molecule is Cn1cnnc1CN1CCC(C(O)c2nccn2C)CC1. The molecule has 0 aliphatic carbocycles. The van der Waals surface area contributed by atoms with Crippen molar-refractivity contribution in [3.05, 3.63) is 30.4 Å². The molecule has 21 heavy (non-hydrogen) atoms. The molecule has 1 fully saturated rings. The van der Waals surface area contributed by atoms with Crippen molar-refractivity contribution in [3.8, 4) is 0 Å². The van der Waals surface area contributed by atoms with E-state index in [1.807, 2.05) is 29.4 Å². The highest BCUT2D eigenvalue weighted by atomic mass is 16.3. The third-order valence-electron chi connectivity index (χ3n) is 4.37. The standard InChI is InChI=1S/C14H22N6O/c1-18-8-5-15-14(18)13(21)11-3-6-20(7-4-11)9-12-17-16-10-19(12)2/h5,8,10-11,13,21H,3-4,6-7,9H2,1-2H3. The molecule has 0 spiro atoms. The molecule has 1 atom stereocenters. The van der Waals surface area contributed by atoms with Gasteiger partial charge >= 0.3 is 0 Å². The first-order valence-electron chi connectivity index (χ1n) is 7.35. The second-order valence-electron chi connectivity index (χ2n) is 5.81. The number of likely N-dealkylation sites (tertiary alicyclic amines) is 1. The monoisotopic (exact) mass is 290 g/mol. The Hall–Kier alpha value is -1.73. The molecule has 7 nitrogen and oxygen atoms in total. The third-order valence-corrected chi connectivity index (χ3v) is 4.37. The lowest BCUT2D eigenvalue weighted by atomic mass is 9.90. The van der Waals surface area contributed by atoms with Crippen molar-refractivity contribution in [3.63, 3.8) is 0 Å². The van der Waals surface area contributed by atoms with Crippen LogP contribution in [0.5, 0.6) is 0 Å². The number of aromatic nitrogens is 5. The van der Waals surface area contributed by atoms with Gasteiger partial charge in [-0.15, -0.1) is 10.2 Å². The number of rotatable bonds is 4. The van der Waals surface area contributed by atoms with Crippen LogP contribution < -0.4 is 0 Å². The van der Waals surface area contributed by atoms with Crippen molar-refractivity contribution in [2.24, 2.45) is 20.0 Å². The Morgan fingerprint density at radius 2 is 2.05 bits per heavy atom. The van der Waals surface area contributed by atoms with Crippen LogP contribution in [0.2, 0.25) is 0 Å². The van der Waals surface area contributed by atoms with Gasteiger partial charge in [0.15, 0.2) is 0 Å². The maximum Gasteiger partial charge on any atom is 0.146 e. The van der Waals surface area contributed by atoms with Crippen molar-refractivity contribution in [2.75, 3.05) is 13.1 Å². The highest BCUT2D eigenvalue weighted by molar-refractivity contribution is 4.98. The average Bonchev–Trinajstić information content (AvgIpc) is 3.08. The molecule has 1 unspecified atom stereocenters. The Kier molecular flexibility index (Phi) is 4.03. The molecule has 0 amide bonds. The van der Waals surface area contributed by atoms with Gasteiger partial charge in [0, 0.05) is 26.5 Å². The Morgan fingerprint density at radius 3 is 2.62 bits per heavy atom. The molecule has 2 aromatic rings. The van der Waals surface area contributed by atoms with E-state index >= 15 is 0 Å². The van der Waals surface area contributed by atoms with E-state index in [4.69, 9.17) is 0 Å². The summed E-state index contributed by atoms with van der Waals surface area (Å²) < 4.78 is 3.85. The van der Waals surface area contributed by atoms with Gasteiger partial charge < -0.3 is 14.2 Å². The van der Waals surface area contributed by atoms with Crippen LogP contribution in [0.4, 0.5) is 0 Å². The quantitative estimate of drug-likeness (QED) is 0.887. The molecule has 2 aromatic heterocycles. The Morgan fingerprint density at radius 1 is 1.29 bits per heavy atom. The molecule has 114 valence electrons. The number of hydrogen-bond acceptors (Lipinski definition) is 5. The first kappa shape index (κ1) is 14.2. The smallest absolute Gasteiger partial charge is 0.146 e. The summed E-state index contributed by atoms with van der Waals surface area (Å²) in [6, 6.07) is 0. The largest absolute Gasteiger partial charge is 0.385 e. The van der Waals surface area contributed by atoms with Crippen LogP contribution in [-0.2, 0) is 20.6 Å². The predicted octanol–water partition coefficient (Wildman–Crippen LogP) is 0.494. The van der Waals surface area contributed by atoms with Gasteiger partial charge in [0.25, 0.3) is 0 Å². The average molecular weight is 290 g/mol. The Bertz CT molecular complexity index is 584. The van der Waals surface area contributed by atoms with Gasteiger partial charge in [-0.05, 0) is 31.8 Å². The fourth-order valence-electron chi connectivity index (χ4n) is 2.95.